The van der Waals surface area contributed by atoms with Crippen LogP contribution in [-0.2, 0) is 5.54 Å². The molecule has 0 unspecified atom stereocenters. The third kappa shape index (κ3) is 3.91. The molecule has 1 amide bonds. The van der Waals surface area contributed by atoms with E-state index in [9.17, 15) is 14.3 Å². The van der Waals surface area contributed by atoms with Crippen LogP contribution in [0.3, 0.4) is 0 Å². The van der Waals surface area contributed by atoms with Crippen molar-refractivity contribution in [2.45, 2.75) is 43.4 Å². The molecule has 1 saturated heterocycles. The summed E-state index contributed by atoms with van der Waals surface area (Å²) in [5.74, 6) is -0.660. The van der Waals surface area contributed by atoms with E-state index in [4.69, 9.17) is 6.57 Å². The quantitative estimate of drug-likeness (QED) is 0.596. The number of carbonyl (C=O) groups is 1. The lowest BCUT2D eigenvalue weighted by molar-refractivity contribution is 0.0563. The fourth-order valence-corrected chi connectivity index (χ4v) is 4.94. The highest BCUT2D eigenvalue weighted by atomic mass is 19.1. The van der Waals surface area contributed by atoms with Crippen molar-refractivity contribution < 1.29 is 14.3 Å². The van der Waals surface area contributed by atoms with Gasteiger partial charge in [0.05, 0.1) is 22.9 Å². The maximum atomic E-state index is 14.2. The first-order valence-corrected chi connectivity index (χ1v) is 11.3. The number of benzene rings is 2. The summed E-state index contributed by atoms with van der Waals surface area (Å²) >= 11 is 0. The number of aromatic nitrogens is 1. The maximum absolute atomic E-state index is 14.2. The summed E-state index contributed by atoms with van der Waals surface area (Å²) in [5, 5.41) is 13.1. The zero-order chi connectivity index (χ0) is 23.0. The zero-order valence-electron chi connectivity index (χ0n) is 18.2. The number of aliphatic hydroxyl groups excluding tert-OH is 1. The average Bonchev–Trinajstić information content (AvgIpc) is 2.83. The first kappa shape index (κ1) is 21.4. The van der Waals surface area contributed by atoms with Crippen LogP contribution in [0.2, 0.25) is 0 Å². The first-order chi connectivity index (χ1) is 16.0. The third-order valence-corrected chi connectivity index (χ3v) is 6.93. The lowest BCUT2D eigenvalue weighted by Gasteiger charge is -2.37. The molecule has 2 fully saturated rings. The van der Waals surface area contributed by atoms with E-state index < -0.39 is 5.54 Å². The number of rotatable bonds is 4. The van der Waals surface area contributed by atoms with Gasteiger partial charge in [0.15, 0.2) is 0 Å². The van der Waals surface area contributed by atoms with Gasteiger partial charge in [-0.3, -0.25) is 9.78 Å². The van der Waals surface area contributed by atoms with E-state index in [0.717, 1.165) is 5.56 Å². The SMILES string of the molecule is [C-]#[N+]C1(c2ccccc2)CCN(c2c(C(=O)NC3CC(O)C3)cnc3ccc(F)cc23)CC1. The Balaban J connectivity index is 1.49. The molecule has 168 valence electrons. The van der Waals surface area contributed by atoms with Gasteiger partial charge in [-0.15, -0.1) is 0 Å². The summed E-state index contributed by atoms with van der Waals surface area (Å²) in [5.41, 5.74) is 2.07. The average molecular weight is 445 g/mol. The van der Waals surface area contributed by atoms with E-state index >= 15 is 0 Å². The van der Waals surface area contributed by atoms with Gasteiger partial charge in [-0.25, -0.2) is 11.0 Å². The summed E-state index contributed by atoms with van der Waals surface area (Å²) < 4.78 is 14.2. The molecule has 0 bridgehead atoms. The monoisotopic (exact) mass is 444 g/mol. The molecule has 2 heterocycles. The lowest BCUT2D eigenvalue weighted by atomic mass is 9.81. The van der Waals surface area contributed by atoms with Crippen LogP contribution in [0.1, 0.15) is 41.6 Å². The van der Waals surface area contributed by atoms with Crippen LogP contribution in [-0.4, -0.2) is 41.2 Å². The largest absolute Gasteiger partial charge is 0.393 e. The number of hydrogen-bond donors (Lipinski definition) is 2. The normalized spacial score (nSPS) is 21.8. The fourth-order valence-electron chi connectivity index (χ4n) is 4.94. The molecule has 0 spiro atoms. The van der Waals surface area contributed by atoms with Gasteiger partial charge in [-0.1, -0.05) is 30.3 Å². The molecule has 1 saturated carbocycles. The molecule has 33 heavy (non-hydrogen) atoms. The Morgan fingerprint density at radius 2 is 1.91 bits per heavy atom. The summed E-state index contributed by atoms with van der Waals surface area (Å²) in [7, 11) is 0. The van der Waals surface area contributed by atoms with Crippen molar-refractivity contribution >= 4 is 22.5 Å². The van der Waals surface area contributed by atoms with Crippen molar-refractivity contribution in [2.24, 2.45) is 0 Å². The van der Waals surface area contributed by atoms with Crippen LogP contribution in [0, 0.1) is 12.4 Å². The van der Waals surface area contributed by atoms with E-state index in [2.05, 4.69) is 20.0 Å². The van der Waals surface area contributed by atoms with Gasteiger partial charge >= 0.3 is 0 Å². The Kier molecular flexibility index (Phi) is 5.47. The smallest absolute Gasteiger partial charge is 0.260 e. The van der Waals surface area contributed by atoms with Gasteiger partial charge < -0.3 is 20.2 Å². The van der Waals surface area contributed by atoms with Crippen LogP contribution in [0.5, 0.6) is 0 Å². The Morgan fingerprint density at radius 1 is 1.18 bits per heavy atom. The molecule has 5 rings (SSSR count). The maximum Gasteiger partial charge on any atom is 0.260 e. The molecule has 2 aliphatic rings. The van der Waals surface area contributed by atoms with Gasteiger partial charge in [0.25, 0.3) is 11.4 Å². The number of aliphatic hydroxyl groups is 1. The van der Waals surface area contributed by atoms with Crippen LogP contribution >= 0.6 is 0 Å². The molecular formula is C26H25FN4O2. The van der Waals surface area contributed by atoms with Crippen molar-refractivity contribution in [3.63, 3.8) is 0 Å². The van der Waals surface area contributed by atoms with Crippen LogP contribution < -0.4 is 10.2 Å². The van der Waals surface area contributed by atoms with Crippen LogP contribution in [0.25, 0.3) is 15.7 Å². The topological polar surface area (TPSA) is 69.8 Å². The minimum Gasteiger partial charge on any atom is -0.393 e. The second-order valence-corrected chi connectivity index (χ2v) is 8.97. The Bertz CT molecular complexity index is 1230. The molecule has 3 aromatic rings. The van der Waals surface area contributed by atoms with E-state index in [1.807, 2.05) is 30.3 Å². The van der Waals surface area contributed by atoms with Gasteiger partial charge in [0.2, 0.25) is 0 Å². The molecule has 1 aliphatic heterocycles. The van der Waals surface area contributed by atoms with E-state index in [1.165, 1.54) is 12.1 Å². The molecule has 6 nitrogen and oxygen atoms in total. The predicted octanol–water partition coefficient (Wildman–Crippen LogP) is 4.04. The lowest BCUT2D eigenvalue weighted by Crippen LogP contribution is -2.47. The molecular weight excluding hydrogens is 419 g/mol. The van der Waals surface area contributed by atoms with Crippen molar-refractivity contribution in [2.75, 3.05) is 18.0 Å². The highest BCUT2D eigenvalue weighted by Crippen LogP contribution is 2.40. The molecule has 2 aromatic carbocycles. The Morgan fingerprint density at radius 3 is 2.58 bits per heavy atom. The molecule has 2 N–H and O–H groups in total. The number of piperidine rings is 1. The van der Waals surface area contributed by atoms with Crippen LogP contribution in [0.4, 0.5) is 10.1 Å². The number of anilines is 1. The molecule has 7 heteroatoms. The van der Waals surface area contributed by atoms with Gasteiger partial charge in [-0.2, -0.15) is 0 Å². The number of pyridine rings is 1. The number of carbonyl (C=O) groups excluding carboxylic acids is 1. The molecule has 0 radical (unpaired) electrons. The Labute approximate surface area is 191 Å². The van der Waals surface area contributed by atoms with Crippen molar-refractivity contribution in [3.8, 4) is 0 Å². The number of fused-ring (bicyclic) bond motifs is 1. The number of halogens is 1. The second kappa shape index (κ2) is 8.45. The minimum absolute atomic E-state index is 0.0715. The van der Waals surface area contributed by atoms with Crippen molar-refractivity contribution in [1.82, 2.24) is 10.3 Å². The summed E-state index contributed by atoms with van der Waals surface area (Å²) in [6, 6.07) is 14.2. The van der Waals surface area contributed by atoms with E-state index in [-0.39, 0.29) is 23.9 Å². The summed E-state index contributed by atoms with van der Waals surface area (Å²) in [4.78, 5) is 23.7. The number of hydrogen-bond acceptors (Lipinski definition) is 4. The third-order valence-electron chi connectivity index (χ3n) is 6.93. The molecule has 1 aliphatic carbocycles. The second-order valence-electron chi connectivity index (χ2n) is 8.97. The number of amides is 1. The minimum atomic E-state index is -0.601. The van der Waals surface area contributed by atoms with Crippen molar-refractivity contribution in [3.05, 3.63) is 83.1 Å². The summed E-state index contributed by atoms with van der Waals surface area (Å²) in [6.07, 6.45) is 3.45. The van der Waals surface area contributed by atoms with Crippen molar-refractivity contribution in [1.29, 1.82) is 0 Å². The first-order valence-electron chi connectivity index (χ1n) is 11.3. The highest BCUT2D eigenvalue weighted by Gasteiger charge is 2.43. The van der Waals surface area contributed by atoms with Gasteiger partial charge in [-0.05, 0) is 31.0 Å². The standard InChI is InChI=1S/C26H25FN4O2/c1-28-26(17-5-3-2-4-6-17)9-11-31(12-10-26)24-21-13-18(27)7-8-23(21)29-16-22(24)25(33)30-19-14-20(32)15-19/h2-8,13,16,19-20,32H,9-12,14-15H2,(H,30,33). The fraction of sp³-hybridized carbons (Fsp3) is 0.346. The van der Waals surface area contributed by atoms with E-state index in [1.54, 1.807) is 12.3 Å². The predicted molar refractivity (Wildman–Crippen MR) is 124 cm³/mol. The molecule has 0 atom stereocenters. The Hall–Kier alpha value is -3.50. The number of nitrogens with zero attached hydrogens (tertiary/aromatic N) is 3. The zero-order valence-corrected chi connectivity index (χ0v) is 18.2. The van der Waals surface area contributed by atoms with Gasteiger partial charge in [0.1, 0.15) is 5.82 Å². The van der Waals surface area contributed by atoms with Crippen LogP contribution in [0.15, 0.2) is 54.7 Å². The highest BCUT2D eigenvalue weighted by molar-refractivity contribution is 6.07. The summed E-state index contributed by atoms with van der Waals surface area (Å²) in [6.45, 7) is 9.04. The molecule has 1 aromatic heterocycles. The number of nitrogens with one attached hydrogen (secondary N) is 1. The van der Waals surface area contributed by atoms with E-state index in [0.29, 0.717) is 60.9 Å². The van der Waals surface area contributed by atoms with Gasteiger partial charge in [0, 0.05) is 49.1 Å².